The van der Waals surface area contributed by atoms with Crippen LogP contribution in [0.1, 0.15) is 0 Å². The molecule has 0 amide bonds. The van der Waals surface area contributed by atoms with Crippen LogP contribution in [0.4, 0.5) is 30.7 Å². The molecule has 0 saturated carbocycles. The van der Waals surface area contributed by atoms with E-state index in [1.807, 2.05) is 0 Å². The average Bonchev–Trinajstić information content (AvgIpc) is 1.81. The van der Waals surface area contributed by atoms with Gasteiger partial charge >= 0.3 is 46.9 Å². The first-order chi connectivity index (χ1) is 5.75. The second-order valence-electron chi connectivity index (χ2n) is 2.09. The summed E-state index contributed by atoms with van der Waals surface area (Å²) < 4.78 is 101. The molecule has 15 heavy (non-hydrogen) atoms. The van der Waals surface area contributed by atoms with E-state index in [1.165, 1.54) is 0 Å². The zero-order valence-electron chi connectivity index (χ0n) is 6.87. The Morgan fingerprint density at radius 3 is 1.20 bits per heavy atom. The van der Waals surface area contributed by atoms with E-state index in [2.05, 4.69) is 0 Å². The third kappa shape index (κ3) is 2.96. The van der Waals surface area contributed by atoms with Gasteiger partial charge in [-0.1, -0.05) is 0 Å². The summed E-state index contributed by atoms with van der Waals surface area (Å²) in [5.74, 6) is -6.79. The van der Waals surface area contributed by atoms with Crippen LogP contribution in [0.3, 0.4) is 0 Å². The quantitative estimate of drug-likeness (QED) is 0.486. The van der Waals surface area contributed by atoms with Gasteiger partial charge in [0.15, 0.2) is 0 Å². The predicted molar refractivity (Wildman–Crippen MR) is 29.2 cm³/mol. The van der Waals surface area contributed by atoms with Crippen molar-refractivity contribution in [3.05, 3.63) is 5.14 Å². The topological polar surface area (TPSA) is 57.9 Å². The van der Waals surface area contributed by atoms with Gasteiger partial charge in [-0.2, -0.15) is 30.7 Å². The number of hydrogen-bond donors (Lipinski definition) is 0. The first-order valence-corrected chi connectivity index (χ1v) is 4.05. The molecule has 0 rings (SSSR count). The van der Waals surface area contributed by atoms with Crippen LogP contribution in [0.2, 0.25) is 0 Å². The van der Waals surface area contributed by atoms with Gasteiger partial charge in [0, 0.05) is 0 Å². The first kappa shape index (κ1) is 17.8. The van der Waals surface area contributed by atoms with E-state index in [9.17, 15) is 39.2 Å². The molecule has 0 aliphatic rings. The van der Waals surface area contributed by atoms with Gasteiger partial charge in [-0.15, -0.1) is 0 Å². The number of halogens is 7. The Labute approximate surface area is 101 Å². The minimum atomic E-state index is -6.79. The van der Waals surface area contributed by atoms with E-state index < -0.39 is 27.4 Å². The summed E-state index contributed by atoms with van der Waals surface area (Å²) in [4.78, 5) is 0. The molecular weight excluding hydrogens is 270 g/mol. The maximum absolute atomic E-state index is 12.0. The Kier molecular flexibility index (Phi) is 5.17. The van der Waals surface area contributed by atoms with Gasteiger partial charge in [0.2, 0.25) is 0 Å². The van der Waals surface area contributed by atoms with Crippen molar-refractivity contribution in [1.29, 1.82) is 0 Å². The van der Waals surface area contributed by atoms with Crippen molar-refractivity contribution in [2.24, 2.45) is 0 Å². The van der Waals surface area contributed by atoms with Gasteiger partial charge in [-0.3, -0.25) is 0 Å². The third-order valence-electron chi connectivity index (χ3n) is 1.06. The van der Waals surface area contributed by atoms with Crippen molar-refractivity contribution in [1.82, 2.24) is 0 Å². The average molecular weight is 271 g/mol. The van der Waals surface area contributed by atoms with Crippen molar-refractivity contribution < 1.29 is 68.7 Å². The molecule has 0 fully saturated rings. The molecule has 0 saturated heterocycles. The number of alkyl halides is 7. The minimum Gasteiger partial charge on any atom is -0.559 e. The number of rotatable bonds is 2. The summed E-state index contributed by atoms with van der Waals surface area (Å²) in [5, 5.41) is -0.989. The summed E-state index contributed by atoms with van der Waals surface area (Å²) in [6.45, 7) is 0. The Bertz CT molecular complexity index is 322. The summed E-state index contributed by atoms with van der Waals surface area (Å²) in [6, 6.07) is 0. The molecule has 0 atom stereocenters. The molecule has 12 heteroatoms. The SMILES string of the molecule is [NH-]S(=O)(=O)C(F)(F)C(F)(F)C(F)(F)F.[Na+]. The maximum atomic E-state index is 12.0. The molecule has 0 aliphatic heterocycles. The Morgan fingerprint density at radius 1 is 0.867 bits per heavy atom. The third-order valence-corrected chi connectivity index (χ3v) is 1.99. The number of sulfonamides is 1. The summed E-state index contributed by atoms with van der Waals surface area (Å²) in [5.41, 5.74) is 0. The Balaban J connectivity index is 0. The molecule has 1 N–H and O–H groups in total. The zero-order chi connectivity index (χ0) is 12.0. The van der Waals surface area contributed by atoms with Crippen LogP contribution in [0.15, 0.2) is 0 Å². The fourth-order valence-corrected chi connectivity index (χ4v) is 0.787. The molecule has 0 spiro atoms. The largest absolute Gasteiger partial charge is 1.00 e. The number of hydrogen-bond acceptors (Lipinski definition) is 2. The van der Waals surface area contributed by atoms with E-state index in [0.29, 0.717) is 0 Å². The summed E-state index contributed by atoms with van der Waals surface area (Å²) >= 11 is 0. The van der Waals surface area contributed by atoms with E-state index in [4.69, 9.17) is 5.14 Å². The molecule has 0 unspecified atom stereocenters. The monoisotopic (exact) mass is 271 g/mol. The van der Waals surface area contributed by atoms with Gasteiger partial charge in [0.1, 0.15) is 10.0 Å². The fraction of sp³-hybridized carbons (Fsp3) is 1.00. The number of nitrogens with one attached hydrogen (secondary N) is 1. The minimum absolute atomic E-state index is 0. The molecule has 0 radical (unpaired) electrons. The van der Waals surface area contributed by atoms with Crippen molar-refractivity contribution in [2.75, 3.05) is 0 Å². The normalized spacial score (nSPS) is 14.7. The van der Waals surface area contributed by atoms with Crippen LogP contribution >= 0.6 is 0 Å². The van der Waals surface area contributed by atoms with Gasteiger partial charge in [0.05, 0.1) is 0 Å². The van der Waals surface area contributed by atoms with Crippen LogP contribution < -0.4 is 29.6 Å². The molecule has 0 bridgehead atoms. The summed E-state index contributed by atoms with van der Waals surface area (Å²) in [7, 11) is -6.60. The predicted octanol–water partition coefficient (Wildman–Crippen LogP) is -0.837. The van der Waals surface area contributed by atoms with Gasteiger partial charge < -0.3 is 5.14 Å². The smallest absolute Gasteiger partial charge is 0.559 e. The van der Waals surface area contributed by atoms with E-state index in [-0.39, 0.29) is 29.6 Å². The molecular formula is C3HF7NNaO2S. The molecule has 0 aromatic carbocycles. The standard InChI is InChI=1S/C3HF7NO2S.Na/c4-1(5,2(6,7)8)3(9,10)14(11,12)13;/h(H-,11,12,13);/q-1;+1. The van der Waals surface area contributed by atoms with Crippen molar-refractivity contribution in [3.63, 3.8) is 0 Å². The van der Waals surface area contributed by atoms with Gasteiger partial charge in [-0.05, 0) is 0 Å². The zero-order valence-corrected chi connectivity index (χ0v) is 9.69. The maximum Gasteiger partial charge on any atom is 1.00 e. The second kappa shape index (κ2) is 4.35. The van der Waals surface area contributed by atoms with Crippen LogP contribution in [-0.2, 0) is 10.0 Å². The van der Waals surface area contributed by atoms with Gasteiger partial charge in [0.25, 0.3) is 0 Å². The van der Waals surface area contributed by atoms with Gasteiger partial charge in [-0.25, -0.2) is 8.42 Å². The summed E-state index contributed by atoms with van der Waals surface area (Å²) in [6.07, 6.45) is -6.75. The van der Waals surface area contributed by atoms with Crippen LogP contribution in [0.5, 0.6) is 0 Å². The van der Waals surface area contributed by atoms with Crippen molar-refractivity contribution in [3.8, 4) is 0 Å². The Hall–Kier alpha value is 0.420. The molecule has 3 nitrogen and oxygen atoms in total. The van der Waals surface area contributed by atoms with Crippen LogP contribution in [0, 0.1) is 0 Å². The van der Waals surface area contributed by atoms with Crippen molar-refractivity contribution >= 4 is 10.0 Å². The van der Waals surface area contributed by atoms with Crippen molar-refractivity contribution in [2.45, 2.75) is 17.4 Å². The Morgan fingerprint density at radius 2 is 1.13 bits per heavy atom. The molecule has 0 aliphatic carbocycles. The van der Waals surface area contributed by atoms with Crippen LogP contribution in [-0.4, -0.2) is 25.8 Å². The second-order valence-corrected chi connectivity index (χ2v) is 3.61. The first-order valence-electron chi connectivity index (χ1n) is 2.56. The van der Waals surface area contributed by atoms with E-state index in [0.717, 1.165) is 0 Å². The van der Waals surface area contributed by atoms with Crippen LogP contribution in [0.25, 0.3) is 5.14 Å². The van der Waals surface area contributed by atoms with E-state index >= 15 is 0 Å². The fourth-order valence-electron chi connectivity index (χ4n) is 0.334. The molecule has 0 heterocycles. The molecule has 86 valence electrons. The molecule has 0 aromatic rings. The van der Waals surface area contributed by atoms with E-state index in [1.54, 1.807) is 0 Å². The molecule has 0 aromatic heterocycles.